The first kappa shape index (κ1) is 15.7. The topological polar surface area (TPSA) is 93.2 Å². The first-order valence-corrected chi connectivity index (χ1v) is 7.34. The molecular weight excluding hydrogens is 276 g/mol. The van der Waals surface area contributed by atoms with Crippen LogP contribution in [0, 0.1) is 0 Å². The van der Waals surface area contributed by atoms with Crippen molar-refractivity contribution in [1.29, 1.82) is 0 Å². The molecule has 0 bridgehead atoms. The van der Waals surface area contributed by atoms with Gasteiger partial charge in [0.1, 0.15) is 0 Å². The summed E-state index contributed by atoms with van der Waals surface area (Å²) < 4.78 is 0. The zero-order chi connectivity index (χ0) is 15.8. The molecule has 0 heterocycles. The lowest BCUT2D eigenvalue weighted by Crippen LogP contribution is -2.37. The van der Waals surface area contributed by atoms with E-state index in [-0.39, 0.29) is 6.03 Å². The lowest BCUT2D eigenvalue weighted by molar-refractivity contribution is 0.241. The van der Waals surface area contributed by atoms with Gasteiger partial charge in [0, 0.05) is 24.5 Å². The van der Waals surface area contributed by atoms with Gasteiger partial charge in [-0.2, -0.15) is 0 Å². The van der Waals surface area contributed by atoms with Crippen LogP contribution in [-0.2, 0) is 12.8 Å². The predicted molar refractivity (Wildman–Crippen MR) is 90.5 cm³/mol. The van der Waals surface area contributed by atoms with Gasteiger partial charge < -0.3 is 22.1 Å². The Morgan fingerprint density at radius 1 is 0.727 bits per heavy atom. The minimum atomic E-state index is -0.147. The molecular formula is C17H22N4O. The van der Waals surface area contributed by atoms with E-state index in [1.165, 1.54) is 0 Å². The lowest BCUT2D eigenvalue weighted by atomic mass is 10.1. The van der Waals surface area contributed by atoms with Gasteiger partial charge in [-0.25, -0.2) is 4.79 Å². The van der Waals surface area contributed by atoms with Crippen LogP contribution in [0.15, 0.2) is 48.5 Å². The van der Waals surface area contributed by atoms with Crippen LogP contribution in [0.1, 0.15) is 11.1 Å². The fraction of sp³-hybridized carbons (Fsp3) is 0.235. The number of urea groups is 1. The summed E-state index contributed by atoms with van der Waals surface area (Å²) in [6, 6.07) is 15.2. The van der Waals surface area contributed by atoms with Gasteiger partial charge in [-0.3, -0.25) is 0 Å². The molecule has 0 spiro atoms. The SMILES string of the molecule is Nc1ccc(CCNC(=O)NCCc2ccc(N)cc2)cc1. The molecule has 6 N–H and O–H groups in total. The summed E-state index contributed by atoms with van der Waals surface area (Å²) in [5, 5.41) is 5.68. The van der Waals surface area contributed by atoms with Gasteiger partial charge in [-0.05, 0) is 48.2 Å². The number of hydrogen-bond acceptors (Lipinski definition) is 3. The number of nitrogens with one attached hydrogen (secondary N) is 2. The highest BCUT2D eigenvalue weighted by Crippen LogP contribution is 2.06. The molecule has 0 unspecified atom stereocenters. The summed E-state index contributed by atoms with van der Waals surface area (Å²) in [6.45, 7) is 1.19. The quantitative estimate of drug-likeness (QED) is 0.614. The number of carbonyl (C=O) groups is 1. The van der Waals surface area contributed by atoms with Crippen LogP contribution in [0.25, 0.3) is 0 Å². The van der Waals surface area contributed by atoms with E-state index in [2.05, 4.69) is 10.6 Å². The first-order chi connectivity index (χ1) is 10.6. The number of rotatable bonds is 6. The molecule has 0 fully saturated rings. The van der Waals surface area contributed by atoms with Gasteiger partial charge in [0.15, 0.2) is 0 Å². The monoisotopic (exact) mass is 298 g/mol. The van der Waals surface area contributed by atoms with Crippen molar-refractivity contribution in [3.63, 3.8) is 0 Å². The number of nitrogen functional groups attached to an aromatic ring is 2. The number of hydrogen-bond donors (Lipinski definition) is 4. The Balaban J connectivity index is 1.61. The van der Waals surface area contributed by atoms with Crippen LogP contribution in [-0.4, -0.2) is 19.1 Å². The molecule has 22 heavy (non-hydrogen) atoms. The van der Waals surface area contributed by atoms with Gasteiger partial charge in [-0.1, -0.05) is 24.3 Å². The third-order valence-electron chi connectivity index (χ3n) is 3.36. The molecule has 0 aromatic heterocycles. The molecule has 0 aliphatic heterocycles. The van der Waals surface area contributed by atoms with E-state index in [1.54, 1.807) is 0 Å². The summed E-state index contributed by atoms with van der Waals surface area (Å²) in [7, 11) is 0. The van der Waals surface area contributed by atoms with Crippen molar-refractivity contribution < 1.29 is 4.79 Å². The average Bonchev–Trinajstić information content (AvgIpc) is 2.51. The number of benzene rings is 2. The molecule has 0 atom stereocenters. The summed E-state index contributed by atoms with van der Waals surface area (Å²) in [4.78, 5) is 11.7. The number of anilines is 2. The van der Waals surface area contributed by atoms with Gasteiger partial charge in [0.25, 0.3) is 0 Å². The van der Waals surface area contributed by atoms with Crippen LogP contribution < -0.4 is 22.1 Å². The molecule has 0 aliphatic rings. The van der Waals surface area contributed by atoms with Crippen molar-refractivity contribution >= 4 is 17.4 Å². The maximum Gasteiger partial charge on any atom is 0.314 e. The van der Waals surface area contributed by atoms with Crippen molar-refractivity contribution in [2.24, 2.45) is 0 Å². The molecule has 5 heteroatoms. The Bertz CT molecular complexity index is 540. The molecule has 5 nitrogen and oxygen atoms in total. The van der Waals surface area contributed by atoms with E-state index in [0.717, 1.165) is 35.3 Å². The second-order valence-corrected chi connectivity index (χ2v) is 5.17. The fourth-order valence-corrected chi connectivity index (χ4v) is 2.07. The van der Waals surface area contributed by atoms with E-state index in [1.807, 2.05) is 48.5 Å². The molecule has 0 saturated carbocycles. The van der Waals surface area contributed by atoms with E-state index in [4.69, 9.17) is 11.5 Å². The van der Waals surface area contributed by atoms with E-state index in [9.17, 15) is 4.79 Å². The highest BCUT2D eigenvalue weighted by molar-refractivity contribution is 5.73. The van der Waals surface area contributed by atoms with Crippen LogP contribution >= 0.6 is 0 Å². The minimum absolute atomic E-state index is 0.147. The Labute approximate surface area is 130 Å². The highest BCUT2D eigenvalue weighted by atomic mass is 16.2. The Kier molecular flexibility index (Phi) is 5.65. The first-order valence-electron chi connectivity index (χ1n) is 7.34. The second kappa shape index (κ2) is 7.93. The normalized spacial score (nSPS) is 10.2. The van der Waals surface area contributed by atoms with Gasteiger partial charge in [-0.15, -0.1) is 0 Å². The fourth-order valence-electron chi connectivity index (χ4n) is 2.07. The number of nitrogens with two attached hydrogens (primary N) is 2. The van der Waals surface area contributed by atoms with Crippen molar-refractivity contribution in [2.75, 3.05) is 24.6 Å². The third kappa shape index (κ3) is 5.36. The Morgan fingerprint density at radius 2 is 1.09 bits per heavy atom. The van der Waals surface area contributed by atoms with Gasteiger partial charge in [0.2, 0.25) is 0 Å². The van der Waals surface area contributed by atoms with Crippen LogP contribution in [0.5, 0.6) is 0 Å². The molecule has 0 aliphatic carbocycles. The van der Waals surface area contributed by atoms with Crippen LogP contribution in [0.4, 0.5) is 16.2 Å². The summed E-state index contributed by atoms with van der Waals surface area (Å²) in [5.74, 6) is 0. The van der Waals surface area contributed by atoms with Crippen molar-refractivity contribution in [1.82, 2.24) is 10.6 Å². The Hall–Kier alpha value is -2.69. The summed E-state index contributed by atoms with van der Waals surface area (Å²) in [5.41, 5.74) is 15.0. The standard InChI is InChI=1S/C17H22N4O/c18-15-5-1-13(2-6-15)9-11-20-17(22)21-12-10-14-3-7-16(19)8-4-14/h1-8H,9-12,18-19H2,(H2,20,21,22). The maximum absolute atomic E-state index is 11.7. The van der Waals surface area contributed by atoms with E-state index in [0.29, 0.717) is 13.1 Å². The van der Waals surface area contributed by atoms with E-state index < -0.39 is 0 Å². The maximum atomic E-state index is 11.7. The minimum Gasteiger partial charge on any atom is -0.399 e. The summed E-state index contributed by atoms with van der Waals surface area (Å²) in [6.07, 6.45) is 1.57. The average molecular weight is 298 g/mol. The van der Waals surface area contributed by atoms with Crippen LogP contribution in [0.2, 0.25) is 0 Å². The van der Waals surface area contributed by atoms with Crippen LogP contribution in [0.3, 0.4) is 0 Å². The van der Waals surface area contributed by atoms with Crippen molar-refractivity contribution in [2.45, 2.75) is 12.8 Å². The predicted octanol–water partition coefficient (Wildman–Crippen LogP) is 1.94. The number of carbonyl (C=O) groups excluding carboxylic acids is 1. The van der Waals surface area contributed by atoms with E-state index >= 15 is 0 Å². The highest BCUT2D eigenvalue weighted by Gasteiger charge is 2.00. The van der Waals surface area contributed by atoms with Gasteiger partial charge in [0.05, 0.1) is 0 Å². The Morgan fingerprint density at radius 3 is 1.45 bits per heavy atom. The van der Waals surface area contributed by atoms with Gasteiger partial charge >= 0.3 is 6.03 Å². The largest absolute Gasteiger partial charge is 0.399 e. The summed E-state index contributed by atoms with van der Waals surface area (Å²) >= 11 is 0. The molecule has 2 rings (SSSR count). The molecule has 2 aromatic carbocycles. The number of amides is 2. The van der Waals surface area contributed by atoms with Crippen molar-refractivity contribution in [3.8, 4) is 0 Å². The molecule has 0 saturated heterocycles. The van der Waals surface area contributed by atoms with Crippen molar-refractivity contribution in [3.05, 3.63) is 59.7 Å². The molecule has 2 amide bonds. The third-order valence-corrected chi connectivity index (χ3v) is 3.36. The molecule has 116 valence electrons. The zero-order valence-corrected chi connectivity index (χ0v) is 12.5. The lowest BCUT2D eigenvalue weighted by Gasteiger charge is -2.08. The molecule has 0 radical (unpaired) electrons. The zero-order valence-electron chi connectivity index (χ0n) is 12.5. The smallest absolute Gasteiger partial charge is 0.314 e. The second-order valence-electron chi connectivity index (χ2n) is 5.17. The molecule has 2 aromatic rings.